The molecule has 2 amide bonds. The van der Waals surface area contributed by atoms with Crippen LogP contribution in [0.5, 0.6) is 0 Å². The van der Waals surface area contributed by atoms with Crippen molar-refractivity contribution in [2.75, 3.05) is 39.8 Å². The molecule has 1 aromatic rings. The first kappa shape index (κ1) is 25.4. The van der Waals surface area contributed by atoms with Crippen molar-refractivity contribution in [2.24, 2.45) is 10.4 Å². The smallest absolute Gasteiger partial charge is 0.254 e. The van der Waals surface area contributed by atoms with Gasteiger partial charge in [-0.25, -0.2) is 0 Å². The Balaban J connectivity index is 0.00000341. The average molecular weight is 541 g/mol. The Bertz CT molecular complexity index is 779. The number of hydrogen-bond acceptors (Lipinski definition) is 3. The molecule has 3 rings (SSSR count). The summed E-state index contributed by atoms with van der Waals surface area (Å²) in [5.74, 6) is 0.745. The monoisotopic (exact) mass is 541 g/mol. The number of carbonyl (C=O) groups is 2. The molecule has 8 heteroatoms. The molecule has 172 valence electrons. The fourth-order valence-electron chi connectivity index (χ4n) is 4.58. The van der Waals surface area contributed by atoms with E-state index in [1.165, 1.54) is 25.7 Å². The number of halogens is 1. The van der Waals surface area contributed by atoms with Crippen molar-refractivity contribution in [2.45, 2.75) is 46.1 Å². The van der Waals surface area contributed by atoms with E-state index in [-0.39, 0.29) is 42.3 Å². The van der Waals surface area contributed by atoms with E-state index in [1.807, 2.05) is 31.3 Å². The third-order valence-electron chi connectivity index (χ3n) is 6.12. The zero-order chi connectivity index (χ0) is 21.6. The number of nitrogens with one attached hydrogen (secondary N) is 2. The van der Waals surface area contributed by atoms with Gasteiger partial charge >= 0.3 is 0 Å². The molecule has 0 bridgehead atoms. The van der Waals surface area contributed by atoms with E-state index in [4.69, 9.17) is 0 Å². The molecular formula is C23H36IN5O2. The van der Waals surface area contributed by atoms with Gasteiger partial charge in [0.1, 0.15) is 0 Å². The molecule has 2 N–H and O–H groups in total. The van der Waals surface area contributed by atoms with Crippen LogP contribution in [0.4, 0.5) is 0 Å². The molecular weight excluding hydrogens is 505 g/mol. The van der Waals surface area contributed by atoms with Crippen LogP contribution in [-0.4, -0.2) is 67.3 Å². The highest BCUT2D eigenvalue weighted by Gasteiger charge is 2.31. The minimum atomic E-state index is -0.102. The van der Waals surface area contributed by atoms with Gasteiger partial charge in [-0.05, 0) is 42.4 Å². The molecule has 0 radical (unpaired) electrons. The van der Waals surface area contributed by atoms with Crippen LogP contribution >= 0.6 is 24.0 Å². The molecule has 0 aliphatic carbocycles. The summed E-state index contributed by atoms with van der Waals surface area (Å²) in [4.78, 5) is 32.6. The summed E-state index contributed by atoms with van der Waals surface area (Å²) in [6.45, 7) is 8.58. The molecule has 0 aromatic heterocycles. The van der Waals surface area contributed by atoms with Crippen LogP contribution in [0.1, 0.15) is 55.5 Å². The minimum Gasteiger partial charge on any atom is -0.353 e. The summed E-state index contributed by atoms with van der Waals surface area (Å²) < 4.78 is 0. The third kappa shape index (κ3) is 6.82. The third-order valence-corrected chi connectivity index (χ3v) is 6.12. The lowest BCUT2D eigenvalue weighted by atomic mass is 9.78. The van der Waals surface area contributed by atoms with E-state index >= 15 is 0 Å². The maximum Gasteiger partial charge on any atom is 0.254 e. The van der Waals surface area contributed by atoms with E-state index in [9.17, 15) is 9.59 Å². The Kier molecular flexibility index (Phi) is 9.58. The summed E-state index contributed by atoms with van der Waals surface area (Å²) in [7, 11) is 1.84. The lowest BCUT2D eigenvalue weighted by Gasteiger charge is -2.42. The number of rotatable bonds is 5. The van der Waals surface area contributed by atoms with Crippen LogP contribution in [0.15, 0.2) is 29.3 Å². The highest BCUT2D eigenvalue weighted by atomic mass is 127. The molecule has 31 heavy (non-hydrogen) atoms. The van der Waals surface area contributed by atoms with Crippen molar-refractivity contribution in [3.8, 4) is 0 Å². The second kappa shape index (κ2) is 11.7. The Morgan fingerprint density at radius 2 is 1.97 bits per heavy atom. The standard InChI is InChI=1S/C23H35N5O2.HI/c1-4-10-23(2)11-5-13-28(17-23)22(24-3)26-15-18-6-8-19(9-7-18)21(30)27-14-12-25-20(29)16-27;/h6-9H,4-5,10-17H2,1-3H3,(H,24,26)(H,25,29);1H. The van der Waals surface area contributed by atoms with Crippen LogP contribution in [0.2, 0.25) is 0 Å². The lowest BCUT2D eigenvalue weighted by Crippen LogP contribution is -2.50. The zero-order valence-electron chi connectivity index (χ0n) is 18.9. The zero-order valence-corrected chi connectivity index (χ0v) is 21.3. The molecule has 1 atom stereocenters. The Labute approximate surface area is 203 Å². The summed E-state index contributed by atoms with van der Waals surface area (Å²) in [6.07, 6.45) is 4.93. The van der Waals surface area contributed by atoms with Crippen LogP contribution in [0, 0.1) is 5.41 Å². The van der Waals surface area contributed by atoms with Crippen molar-refractivity contribution in [1.82, 2.24) is 20.4 Å². The number of nitrogens with zero attached hydrogens (tertiary/aromatic N) is 3. The SMILES string of the molecule is CCCC1(C)CCCN(C(=NC)NCc2ccc(C(=O)N3CCNC(=O)C3)cc2)C1.I. The summed E-state index contributed by atoms with van der Waals surface area (Å²) in [5, 5.41) is 6.22. The highest BCUT2D eigenvalue weighted by molar-refractivity contribution is 14.0. The van der Waals surface area contributed by atoms with Gasteiger partial charge in [-0.2, -0.15) is 0 Å². The number of likely N-dealkylation sites (tertiary alicyclic amines) is 1. The number of guanidine groups is 1. The van der Waals surface area contributed by atoms with Gasteiger partial charge in [-0.3, -0.25) is 14.6 Å². The van der Waals surface area contributed by atoms with Crippen molar-refractivity contribution in [3.05, 3.63) is 35.4 Å². The Morgan fingerprint density at radius 3 is 2.61 bits per heavy atom. The first-order valence-corrected chi connectivity index (χ1v) is 11.0. The lowest BCUT2D eigenvalue weighted by molar-refractivity contribution is -0.123. The van der Waals surface area contributed by atoms with Gasteiger partial charge in [-0.15, -0.1) is 24.0 Å². The fraction of sp³-hybridized carbons (Fsp3) is 0.609. The summed E-state index contributed by atoms with van der Waals surface area (Å²) in [5.41, 5.74) is 2.07. The molecule has 0 saturated carbocycles. The predicted molar refractivity (Wildman–Crippen MR) is 135 cm³/mol. The van der Waals surface area contributed by atoms with Crippen LogP contribution in [-0.2, 0) is 11.3 Å². The Hall–Kier alpha value is -1.84. The molecule has 2 saturated heterocycles. The fourth-order valence-corrected chi connectivity index (χ4v) is 4.58. The van der Waals surface area contributed by atoms with Crippen molar-refractivity contribution >= 4 is 41.8 Å². The van der Waals surface area contributed by atoms with E-state index in [0.29, 0.717) is 30.6 Å². The van der Waals surface area contributed by atoms with Gasteiger partial charge in [0.15, 0.2) is 5.96 Å². The second-order valence-corrected chi connectivity index (χ2v) is 8.76. The van der Waals surface area contributed by atoms with E-state index < -0.39 is 0 Å². The van der Waals surface area contributed by atoms with Crippen molar-refractivity contribution in [1.29, 1.82) is 0 Å². The summed E-state index contributed by atoms with van der Waals surface area (Å²) in [6, 6.07) is 7.62. The number of benzene rings is 1. The number of piperazine rings is 1. The van der Waals surface area contributed by atoms with Gasteiger partial charge in [0.2, 0.25) is 5.91 Å². The molecule has 7 nitrogen and oxygen atoms in total. The number of amides is 2. The normalized spacial score (nSPS) is 21.9. The number of aliphatic imine (C=N–C) groups is 1. The molecule has 2 aliphatic rings. The maximum atomic E-state index is 12.6. The molecule has 1 aromatic carbocycles. The van der Waals surface area contributed by atoms with Gasteiger partial charge in [-0.1, -0.05) is 32.4 Å². The second-order valence-electron chi connectivity index (χ2n) is 8.76. The van der Waals surface area contributed by atoms with Crippen molar-refractivity contribution in [3.63, 3.8) is 0 Å². The molecule has 2 heterocycles. The quantitative estimate of drug-likeness (QED) is 0.342. The molecule has 0 spiro atoms. The largest absolute Gasteiger partial charge is 0.353 e. The first-order valence-electron chi connectivity index (χ1n) is 11.0. The Morgan fingerprint density at radius 1 is 1.23 bits per heavy atom. The van der Waals surface area contributed by atoms with Gasteiger partial charge in [0.05, 0.1) is 6.54 Å². The van der Waals surface area contributed by atoms with E-state index in [2.05, 4.69) is 34.4 Å². The molecule has 1 unspecified atom stereocenters. The van der Waals surface area contributed by atoms with E-state index in [0.717, 1.165) is 24.6 Å². The number of piperidine rings is 1. The van der Waals surface area contributed by atoms with Gasteiger partial charge < -0.3 is 20.4 Å². The van der Waals surface area contributed by atoms with Crippen LogP contribution < -0.4 is 10.6 Å². The molecule has 2 fully saturated rings. The summed E-state index contributed by atoms with van der Waals surface area (Å²) >= 11 is 0. The van der Waals surface area contributed by atoms with Crippen LogP contribution in [0.3, 0.4) is 0 Å². The number of carbonyl (C=O) groups excluding carboxylic acids is 2. The van der Waals surface area contributed by atoms with Crippen LogP contribution in [0.25, 0.3) is 0 Å². The predicted octanol–water partition coefficient (Wildman–Crippen LogP) is 2.85. The topological polar surface area (TPSA) is 77.0 Å². The average Bonchev–Trinajstić information content (AvgIpc) is 2.74. The number of hydrogen-bond donors (Lipinski definition) is 2. The first-order chi connectivity index (χ1) is 14.4. The van der Waals surface area contributed by atoms with Gasteiger partial charge in [0.25, 0.3) is 5.91 Å². The highest BCUT2D eigenvalue weighted by Crippen LogP contribution is 2.33. The molecule has 2 aliphatic heterocycles. The van der Waals surface area contributed by atoms with Crippen molar-refractivity contribution < 1.29 is 9.59 Å². The minimum absolute atomic E-state index is 0. The maximum absolute atomic E-state index is 12.6. The van der Waals surface area contributed by atoms with E-state index in [1.54, 1.807) is 4.90 Å². The van der Waals surface area contributed by atoms with Gasteiger partial charge in [0, 0.05) is 45.3 Å².